The minimum atomic E-state index is 0.557. The number of fused-ring (bicyclic) bond motifs is 6. The monoisotopic (exact) mass is 608 g/mol. The van der Waals surface area contributed by atoms with E-state index in [2.05, 4.69) is 66.7 Å². The zero-order valence-electron chi connectivity index (χ0n) is 26.1. The lowest BCUT2D eigenvalue weighted by molar-refractivity contribution is 0.937. The Labute approximate surface area is 273 Å². The van der Waals surface area contributed by atoms with Crippen molar-refractivity contribution in [2.24, 2.45) is 0 Å². The van der Waals surface area contributed by atoms with Crippen molar-refractivity contribution in [2.75, 3.05) is 0 Å². The van der Waals surface area contributed by atoms with Gasteiger partial charge < -0.3 is 0 Å². The maximum Gasteiger partial charge on any atom is 0.163 e. The third-order valence-electron chi connectivity index (χ3n) is 9.00. The van der Waals surface area contributed by atoms with Gasteiger partial charge in [0.25, 0.3) is 0 Å². The van der Waals surface area contributed by atoms with E-state index in [1.165, 1.54) is 32.3 Å². The first-order chi connectivity index (χ1) is 23.2. The van der Waals surface area contributed by atoms with Gasteiger partial charge in [0.1, 0.15) is 5.82 Å². The van der Waals surface area contributed by atoms with Crippen molar-refractivity contribution < 1.29 is 1.37 Å². The van der Waals surface area contributed by atoms with Crippen LogP contribution in [0.25, 0.3) is 65.2 Å². The Kier molecular flexibility index (Phi) is 6.27. The van der Waals surface area contributed by atoms with E-state index in [9.17, 15) is 0 Å². The fourth-order valence-corrected chi connectivity index (χ4v) is 7.86. The molecule has 0 spiro atoms. The van der Waals surface area contributed by atoms with Gasteiger partial charge in [-0.15, -0.1) is 11.3 Å². The molecular formula is C42H29N3S. The molecule has 3 nitrogen and oxygen atoms in total. The van der Waals surface area contributed by atoms with Crippen LogP contribution in [-0.2, 0) is 19.3 Å². The Bertz CT molecular complexity index is 2390. The Hall–Kier alpha value is -5.45. The van der Waals surface area contributed by atoms with Crippen LogP contribution in [0, 0.1) is 0 Å². The molecule has 46 heavy (non-hydrogen) atoms. The van der Waals surface area contributed by atoms with E-state index >= 15 is 0 Å². The first kappa shape index (κ1) is 25.8. The fraction of sp³-hybridized carbons (Fsp3) is 0.0714. The number of benzene rings is 6. The van der Waals surface area contributed by atoms with Gasteiger partial charge >= 0.3 is 0 Å². The first-order valence-electron chi connectivity index (χ1n) is 16.2. The molecule has 2 aromatic heterocycles. The summed E-state index contributed by atoms with van der Waals surface area (Å²) in [6.07, 6.45) is 2.65. The molecule has 0 unspecified atom stereocenters. The average molecular weight is 609 g/mol. The smallest absolute Gasteiger partial charge is 0.163 e. The van der Waals surface area contributed by atoms with Crippen molar-refractivity contribution in [3.8, 4) is 45.0 Å². The minimum Gasteiger partial charge on any atom is -0.213 e. The third-order valence-corrected chi connectivity index (χ3v) is 10.1. The van der Waals surface area contributed by atoms with E-state index in [1.54, 1.807) is 11.3 Å². The Morgan fingerprint density at radius 1 is 0.543 bits per heavy atom. The Morgan fingerprint density at radius 3 is 2.00 bits per heavy atom. The predicted octanol–water partition coefficient (Wildman–Crippen LogP) is 10.6. The van der Waals surface area contributed by atoms with Crippen molar-refractivity contribution in [2.45, 2.75) is 19.3 Å². The van der Waals surface area contributed by atoms with Crippen LogP contribution in [0.2, 0.25) is 0 Å². The van der Waals surface area contributed by atoms with Crippen LogP contribution in [0.5, 0.6) is 0 Å². The Morgan fingerprint density at radius 2 is 1.22 bits per heavy atom. The van der Waals surface area contributed by atoms with Crippen LogP contribution in [0.4, 0.5) is 0 Å². The highest BCUT2D eigenvalue weighted by atomic mass is 32.1. The normalized spacial score (nSPS) is 12.6. The summed E-state index contributed by atoms with van der Waals surface area (Å²) in [5, 5.41) is 2.30. The second-order valence-corrected chi connectivity index (χ2v) is 12.9. The maximum absolute atomic E-state index is 9.09. The largest absolute Gasteiger partial charge is 0.213 e. The van der Waals surface area contributed by atoms with Crippen molar-refractivity contribution >= 4 is 31.5 Å². The fourth-order valence-electron chi connectivity index (χ4n) is 6.76. The molecule has 218 valence electrons. The molecule has 4 heteroatoms. The quantitative estimate of drug-likeness (QED) is 0.195. The molecule has 0 fully saturated rings. The van der Waals surface area contributed by atoms with Crippen LogP contribution < -0.4 is 0 Å². The number of thiophene rings is 1. The number of aromatic nitrogens is 3. The summed E-state index contributed by atoms with van der Waals surface area (Å²) >= 11 is 1.69. The molecule has 0 saturated heterocycles. The molecule has 0 aliphatic heterocycles. The third kappa shape index (κ3) is 4.79. The lowest BCUT2D eigenvalue weighted by Gasteiger charge is -2.20. The molecule has 0 radical (unpaired) electrons. The Balaban J connectivity index is 1.16. The van der Waals surface area contributed by atoms with E-state index < -0.39 is 0 Å². The summed E-state index contributed by atoms with van der Waals surface area (Å²) in [5.74, 6) is 2.06. The van der Waals surface area contributed by atoms with Crippen molar-refractivity contribution in [3.05, 3.63) is 162 Å². The molecule has 0 N–H and O–H groups in total. The zero-order chi connectivity index (χ0) is 31.3. The van der Waals surface area contributed by atoms with Crippen LogP contribution >= 0.6 is 11.3 Å². The van der Waals surface area contributed by atoms with Crippen molar-refractivity contribution in [1.82, 2.24) is 15.0 Å². The van der Waals surface area contributed by atoms with Gasteiger partial charge in [0, 0.05) is 37.7 Å². The second kappa shape index (κ2) is 11.2. The summed E-state index contributed by atoms with van der Waals surface area (Å²) in [6, 6.07) is 47.1. The zero-order valence-corrected chi connectivity index (χ0v) is 25.9. The van der Waals surface area contributed by atoms with E-state index in [4.69, 9.17) is 16.3 Å². The molecule has 0 atom stereocenters. The molecule has 6 aromatic carbocycles. The highest BCUT2D eigenvalue weighted by Crippen LogP contribution is 2.40. The summed E-state index contributed by atoms with van der Waals surface area (Å²) in [7, 11) is 0. The summed E-state index contributed by atoms with van der Waals surface area (Å²) in [5.41, 5.74) is 10.8. The van der Waals surface area contributed by atoms with Crippen LogP contribution in [0.15, 0.2) is 140 Å². The highest BCUT2D eigenvalue weighted by molar-refractivity contribution is 7.25. The van der Waals surface area contributed by atoms with Gasteiger partial charge in [-0.25, -0.2) is 15.0 Å². The predicted molar refractivity (Wildman–Crippen MR) is 191 cm³/mol. The van der Waals surface area contributed by atoms with E-state index in [0.717, 1.165) is 56.6 Å². The number of aryl methyl sites for hydroxylation is 2. The van der Waals surface area contributed by atoms with Crippen LogP contribution in [-0.4, -0.2) is 15.0 Å². The van der Waals surface area contributed by atoms with Gasteiger partial charge in [0.05, 0.1) is 1.37 Å². The van der Waals surface area contributed by atoms with Gasteiger partial charge in [-0.3, -0.25) is 0 Å². The summed E-state index contributed by atoms with van der Waals surface area (Å²) in [6.45, 7) is 0. The molecule has 1 aliphatic carbocycles. The number of rotatable bonds is 5. The van der Waals surface area contributed by atoms with Gasteiger partial charge in [-0.2, -0.15) is 0 Å². The average Bonchev–Trinajstić information content (AvgIpc) is 3.52. The molecule has 8 aromatic rings. The molecule has 0 saturated carbocycles. The lowest BCUT2D eigenvalue weighted by Crippen LogP contribution is -2.04. The molecule has 0 amide bonds. The first-order valence-corrected chi connectivity index (χ1v) is 16.5. The van der Waals surface area contributed by atoms with Gasteiger partial charge in [0.15, 0.2) is 11.6 Å². The van der Waals surface area contributed by atoms with Crippen molar-refractivity contribution in [1.29, 1.82) is 0 Å². The van der Waals surface area contributed by atoms with Gasteiger partial charge in [-0.05, 0) is 70.0 Å². The molecule has 1 aliphatic rings. The van der Waals surface area contributed by atoms with Gasteiger partial charge in [0.2, 0.25) is 0 Å². The number of hydrogen-bond acceptors (Lipinski definition) is 4. The standard InChI is InChI=1S/C42H29N3S/c1-3-11-28(12-4-1)41-43-39(44-42(45-41)29-13-5-2-6-14-29)26-33-15-9-17-38-40(33)36-25-31(21-23-37(36)46-38)30-20-22-35-32(24-30)19-18-27-10-7-8-16-34(27)35/h1-17,20-25H,18-19,26H2/i23D. The maximum atomic E-state index is 9.09. The van der Waals surface area contributed by atoms with Crippen LogP contribution in [0.1, 0.15) is 23.9 Å². The van der Waals surface area contributed by atoms with Crippen LogP contribution in [0.3, 0.4) is 0 Å². The minimum absolute atomic E-state index is 0.557. The number of nitrogens with zero attached hydrogens (tertiary/aromatic N) is 3. The molecule has 2 heterocycles. The van der Waals surface area contributed by atoms with Crippen molar-refractivity contribution in [3.63, 3.8) is 0 Å². The lowest BCUT2D eigenvalue weighted by atomic mass is 9.84. The van der Waals surface area contributed by atoms with Gasteiger partial charge in [-0.1, -0.05) is 121 Å². The molecule has 9 rings (SSSR count). The van der Waals surface area contributed by atoms with E-state index in [1.807, 2.05) is 66.7 Å². The molecule has 0 bridgehead atoms. The molecular weight excluding hydrogens is 579 g/mol. The summed E-state index contributed by atoms with van der Waals surface area (Å²) in [4.78, 5) is 14.8. The second-order valence-electron chi connectivity index (χ2n) is 11.9. The topological polar surface area (TPSA) is 38.7 Å². The SMILES string of the molecule is [2H]c1cc(-c2ccc3c(c2)CCc2ccccc2-3)cc2c1sc1cccc(Cc3nc(-c4ccccc4)nc(-c4ccccc4)n3)c12. The van der Waals surface area contributed by atoms with E-state index in [0.29, 0.717) is 24.1 Å². The van der Waals surface area contributed by atoms with E-state index in [-0.39, 0.29) is 0 Å². The summed E-state index contributed by atoms with van der Waals surface area (Å²) < 4.78 is 11.3. The highest BCUT2D eigenvalue weighted by Gasteiger charge is 2.18. The number of hydrogen-bond donors (Lipinski definition) is 0.